The number of nitrogens with zero attached hydrogens (tertiary/aromatic N) is 2. The molecule has 1 aromatic heterocycles. The molecule has 20 heavy (non-hydrogen) atoms. The van der Waals surface area contributed by atoms with Crippen molar-refractivity contribution in [3.8, 4) is 0 Å². The van der Waals surface area contributed by atoms with E-state index in [9.17, 15) is 9.18 Å². The third kappa shape index (κ3) is 3.81. The molecule has 1 heterocycles. The molecule has 5 nitrogen and oxygen atoms in total. The summed E-state index contributed by atoms with van der Waals surface area (Å²) in [7, 11) is 0. The number of nitrogens with one attached hydrogen (secondary N) is 1. The monoisotopic (exact) mass is 276 g/mol. The van der Waals surface area contributed by atoms with Crippen LogP contribution in [0.4, 0.5) is 15.8 Å². The van der Waals surface area contributed by atoms with E-state index in [1.807, 2.05) is 13.1 Å². The average molecular weight is 276 g/mol. The third-order valence-corrected chi connectivity index (χ3v) is 2.82. The Kier molecular flexibility index (Phi) is 4.34. The Morgan fingerprint density at radius 1 is 1.50 bits per heavy atom. The van der Waals surface area contributed by atoms with Crippen LogP contribution < -0.4 is 11.1 Å². The van der Waals surface area contributed by atoms with Crippen molar-refractivity contribution in [2.45, 2.75) is 26.3 Å². The van der Waals surface area contributed by atoms with Gasteiger partial charge in [-0.1, -0.05) is 0 Å². The van der Waals surface area contributed by atoms with E-state index in [1.165, 1.54) is 18.2 Å². The molecule has 1 amide bonds. The van der Waals surface area contributed by atoms with Gasteiger partial charge in [0.15, 0.2) is 0 Å². The van der Waals surface area contributed by atoms with Gasteiger partial charge in [0.25, 0.3) is 0 Å². The molecular weight excluding hydrogens is 259 g/mol. The molecule has 0 aliphatic carbocycles. The summed E-state index contributed by atoms with van der Waals surface area (Å²) in [4.78, 5) is 11.7. The number of carbonyl (C=O) groups is 1. The molecule has 0 saturated heterocycles. The molecule has 2 aromatic rings. The summed E-state index contributed by atoms with van der Waals surface area (Å²) in [5, 5.41) is 6.65. The smallest absolute Gasteiger partial charge is 0.224 e. The summed E-state index contributed by atoms with van der Waals surface area (Å²) in [5.41, 5.74) is 7.16. The first kappa shape index (κ1) is 14.0. The van der Waals surface area contributed by atoms with E-state index in [0.717, 1.165) is 5.56 Å². The molecule has 106 valence electrons. The summed E-state index contributed by atoms with van der Waals surface area (Å²) in [6, 6.07) is 4.09. The molecule has 0 atom stereocenters. The van der Waals surface area contributed by atoms with Crippen molar-refractivity contribution in [2.24, 2.45) is 0 Å². The molecule has 0 aliphatic rings. The van der Waals surface area contributed by atoms with Crippen molar-refractivity contribution in [1.82, 2.24) is 9.78 Å². The highest BCUT2D eigenvalue weighted by molar-refractivity contribution is 5.91. The molecule has 0 aliphatic heterocycles. The minimum Gasteiger partial charge on any atom is -0.399 e. The highest BCUT2D eigenvalue weighted by atomic mass is 19.1. The molecule has 6 heteroatoms. The number of halogens is 1. The second-order valence-corrected chi connectivity index (χ2v) is 4.67. The Morgan fingerprint density at radius 2 is 2.30 bits per heavy atom. The van der Waals surface area contributed by atoms with E-state index < -0.39 is 5.82 Å². The van der Waals surface area contributed by atoms with Gasteiger partial charge in [0, 0.05) is 24.8 Å². The van der Waals surface area contributed by atoms with Crippen LogP contribution in [0.5, 0.6) is 0 Å². The predicted molar refractivity (Wildman–Crippen MR) is 75.6 cm³/mol. The minimum absolute atomic E-state index is 0.116. The van der Waals surface area contributed by atoms with E-state index in [0.29, 0.717) is 25.1 Å². The molecule has 3 N–H and O–H groups in total. The normalized spacial score (nSPS) is 10.5. The SMILES string of the molecule is Cc1cnn(CCCC(=O)Nc2cc(N)ccc2F)c1. The van der Waals surface area contributed by atoms with Gasteiger partial charge in [-0.3, -0.25) is 9.48 Å². The Morgan fingerprint density at radius 3 is 3.00 bits per heavy atom. The largest absolute Gasteiger partial charge is 0.399 e. The topological polar surface area (TPSA) is 72.9 Å². The van der Waals surface area contributed by atoms with Crippen molar-refractivity contribution in [3.63, 3.8) is 0 Å². The maximum absolute atomic E-state index is 13.4. The van der Waals surface area contributed by atoms with Crippen LogP contribution in [0.25, 0.3) is 0 Å². The number of carbonyl (C=O) groups excluding carboxylic acids is 1. The van der Waals surface area contributed by atoms with Crippen molar-refractivity contribution in [1.29, 1.82) is 0 Å². The van der Waals surface area contributed by atoms with Gasteiger partial charge in [-0.25, -0.2) is 4.39 Å². The third-order valence-electron chi connectivity index (χ3n) is 2.82. The van der Waals surface area contributed by atoms with Gasteiger partial charge in [0.05, 0.1) is 11.9 Å². The van der Waals surface area contributed by atoms with Crippen LogP contribution in [-0.2, 0) is 11.3 Å². The van der Waals surface area contributed by atoms with E-state index in [2.05, 4.69) is 10.4 Å². The number of hydrogen-bond acceptors (Lipinski definition) is 3. The molecule has 2 rings (SSSR count). The summed E-state index contributed by atoms with van der Waals surface area (Å²) in [5.74, 6) is -0.728. The standard InChI is InChI=1S/C14H17FN4O/c1-10-8-17-19(9-10)6-2-3-14(20)18-13-7-11(16)4-5-12(13)15/h4-5,7-9H,2-3,6,16H2,1H3,(H,18,20). The molecule has 0 bridgehead atoms. The van der Waals surface area contributed by atoms with Crippen LogP contribution in [0.1, 0.15) is 18.4 Å². The fourth-order valence-electron chi connectivity index (χ4n) is 1.84. The number of hydrogen-bond donors (Lipinski definition) is 2. The van der Waals surface area contributed by atoms with Gasteiger partial charge in [-0.2, -0.15) is 5.10 Å². The Balaban J connectivity index is 1.82. The average Bonchev–Trinajstić information content (AvgIpc) is 2.80. The van der Waals surface area contributed by atoms with Crippen molar-refractivity contribution in [3.05, 3.63) is 42.0 Å². The lowest BCUT2D eigenvalue weighted by Crippen LogP contribution is -2.13. The zero-order chi connectivity index (χ0) is 14.5. The zero-order valence-electron chi connectivity index (χ0n) is 11.3. The number of aromatic nitrogens is 2. The van der Waals surface area contributed by atoms with Gasteiger partial charge in [-0.15, -0.1) is 0 Å². The number of benzene rings is 1. The summed E-state index contributed by atoms with van der Waals surface area (Å²) in [6.45, 7) is 2.61. The number of nitrogens with two attached hydrogens (primary N) is 1. The summed E-state index contributed by atoms with van der Waals surface area (Å²) in [6.07, 6.45) is 4.61. The number of amides is 1. The minimum atomic E-state index is -0.491. The highest BCUT2D eigenvalue weighted by Crippen LogP contribution is 2.17. The molecule has 0 saturated carbocycles. The first-order valence-electron chi connectivity index (χ1n) is 6.38. The summed E-state index contributed by atoms with van der Waals surface area (Å²) < 4.78 is 15.2. The lowest BCUT2D eigenvalue weighted by atomic mass is 10.2. The van der Waals surface area contributed by atoms with Crippen LogP contribution in [0.15, 0.2) is 30.6 Å². The van der Waals surface area contributed by atoms with Crippen LogP contribution in [0.2, 0.25) is 0 Å². The maximum atomic E-state index is 13.4. The Labute approximate surface area is 116 Å². The molecule has 0 spiro atoms. The first-order chi connectivity index (χ1) is 9.54. The van der Waals surface area contributed by atoms with Gasteiger partial charge < -0.3 is 11.1 Å². The lowest BCUT2D eigenvalue weighted by Gasteiger charge is -2.07. The van der Waals surface area contributed by atoms with Gasteiger partial charge in [0.2, 0.25) is 5.91 Å². The molecular formula is C14H17FN4O. The predicted octanol–water partition coefficient (Wildman–Crippen LogP) is 2.33. The maximum Gasteiger partial charge on any atom is 0.224 e. The Bertz CT molecular complexity index is 609. The fourth-order valence-corrected chi connectivity index (χ4v) is 1.84. The number of aryl methyl sites for hydroxylation is 2. The second kappa shape index (κ2) is 6.18. The van der Waals surface area contributed by atoms with Gasteiger partial charge >= 0.3 is 0 Å². The van der Waals surface area contributed by atoms with Crippen molar-refractivity contribution < 1.29 is 9.18 Å². The molecule has 0 unspecified atom stereocenters. The second-order valence-electron chi connectivity index (χ2n) is 4.67. The molecule has 1 aromatic carbocycles. The van der Waals surface area contributed by atoms with Crippen molar-refractivity contribution >= 4 is 17.3 Å². The highest BCUT2D eigenvalue weighted by Gasteiger charge is 2.07. The first-order valence-corrected chi connectivity index (χ1v) is 6.38. The van der Waals surface area contributed by atoms with E-state index >= 15 is 0 Å². The van der Waals surface area contributed by atoms with Gasteiger partial charge in [0.1, 0.15) is 5.82 Å². The van der Waals surface area contributed by atoms with Crippen LogP contribution in [0, 0.1) is 12.7 Å². The lowest BCUT2D eigenvalue weighted by molar-refractivity contribution is -0.116. The van der Waals surface area contributed by atoms with E-state index in [4.69, 9.17) is 5.73 Å². The van der Waals surface area contributed by atoms with Gasteiger partial charge in [-0.05, 0) is 37.1 Å². The van der Waals surface area contributed by atoms with E-state index in [-0.39, 0.29) is 11.6 Å². The number of nitrogen functional groups attached to an aromatic ring is 1. The fraction of sp³-hybridized carbons (Fsp3) is 0.286. The summed E-state index contributed by atoms with van der Waals surface area (Å²) >= 11 is 0. The Hall–Kier alpha value is -2.37. The van der Waals surface area contributed by atoms with Crippen LogP contribution >= 0.6 is 0 Å². The van der Waals surface area contributed by atoms with Crippen molar-refractivity contribution in [2.75, 3.05) is 11.1 Å². The van der Waals surface area contributed by atoms with Crippen LogP contribution in [0.3, 0.4) is 0 Å². The van der Waals surface area contributed by atoms with Crippen LogP contribution in [-0.4, -0.2) is 15.7 Å². The molecule has 0 fully saturated rings. The molecule has 0 radical (unpaired) electrons. The number of rotatable bonds is 5. The quantitative estimate of drug-likeness (QED) is 0.823. The zero-order valence-corrected chi connectivity index (χ0v) is 11.3. The van der Waals surface area contributed by atoms with E-state index in [1.54, 1.807) is 10.9 Å². The number of anilines is 2.